The molecule has 1 nitrogen and oxygen atoms in total. The summed E-state index contributed by atoms with van der Waals surface area (Å²) in [5.74, 6) is 2.20. The van der Waals surface area contributed by atoms with Crippen molar-refractivity contribution in [2.45, 2.75) is 52.1 Å². The van der Waals surface area contributed by atoms with Crippen molar-refractivity contribution in [3.05, 3.63) is 20.8 Å². The maximum absolute atomic E-state index is 10.4. The lowest BCUT2D eigenvalue weighted by Gasteiger charge is -2.33. The highest BCUT2D eigenvalue weighted by Crippen LogP contribution is 2.36. The molecule has 102 valence electrons. The first kappa shape index (κ1) is 14.5. The third kappa shape index (κ3) is 3.82. The van der Waals surface area contributed by atoms with E-state index in [1.807, 2.05) is 0 Å². The van der Waals surface area contributed by atoms with Gasteiger partial charge in [0.15, 0.2) is 0 Å². The second-order valence-electron chi connectivity index (χ2n) is 5.90. The summed E-state index contributed by atoms with van der Waals surface area (Å²) >= 11 is 5.22. The zero-order chi connectivity index (χ0) is 13.1. The van der Waals surface area contributed by atoms with Gasteiger partial charge in [-0.2, -0.15) is 0 Å². The Morgan fingerprint density at radius 1 is 1.22 bits per heavy atom. The van der Waals surface area contributed by atoms with Gasteiger partial charge in [0.1, 0.15) is 0 Å². The summed E-state index contributed by atoms with van der Waals surface area (Å²) in [7, 11) is 0. The number of rotatable bonds is 4. The van der Waals surface area contributed by atoms with E-state index in [4.69, 9.17) is 0 Å². The van der Waals surface area contributed by atoms with Crippen LogP contribution in [0.25, 0.3) is 0 Å². The lowest BCUT2D eigenvalue weighted by molar-refractivity contribution is 0.0681. The molecule has 1 aliphatic carbocycles. The van der Waals surface area contributed by atoms with Gasteiger partial charge in [-0.25, -0.2) is 0 Å². The number of halogens is 1. The zero-order valence-electron chi connectivity index (χ0n) is 11.2. The molecular formula is C15H23BrOS. The summed E-state index contributed by atoms with van der Waals surface area (Å²) < 4.78 is 1.16. The maximum atomic E-state index is 10.4. The fraction of sp³-hybridized carbons (Fsp3) is 0.733. The minimum atomic E-state index is -0.149. The average Bonchev–Trinajstić information content (AvgIpc) is 2.75. The van der Waals surface area contributed by atoms with Crippen LogP contribution < -0.4 is 0 Å². The Kier molecular flexibility index (Phi) is 5.28. The van der Waals surface area contributed by atoms with Crippen molar-refractivity contribution in [2.75, 3.05) is 0 Å². The third-order valence-corrected chi connectivity index (χ3v) is 5.99. The molecule has 0 radical (unpaired) electrons. The number of hydrogen-bond donors (Lipinski definition) is 1. The predicted molar refractivity (Wildman–Crippen MR) is 82.0 cm³/mol. The van der Waals surface area contributed by atoms with E-state index >= 15 is 0 Å². The van der Waals surface area contributed by atoms with Gasteiger partial charge in [-0.3, -0.25) is 0 Å². The minimum absolute atomic E-state index is 0.149. The summed E-state index contributed by atoms with van der Waals surface area (Å²) in [4.78, 5) is 1.29. The largest absolute Gasteiger partial charge is 0.392 e. The fourth-order valence-electron chi connectivity index (χ4n) is 3.03. The fourth-order valence-corrected chi connectivity index (χ4v) is 4.56. The van der Waals surface area contributed by atoms with Crippen molar-refractivity contribution < 1.29 is 5.11 Å². The topological polar surface area (TPSA) is 20.2 Å². The van der Waals surface area contributed by atoms with Crippen molar-refractivity contribution in [3.63, 3.8) is 0 Å². The molecule has 1 heterocycles. The summed E-state index contributed by atoms with van der Waals surface area (Å²) in [6, 6.07) is 4.19. The summed E-state index contributed by atoms with van der Waals surface area (Å²) in [6.07, 6.45) is 5.69. The molecule has 1 fully saturated rings. The molecule has 0 spiro atoms. The van der Waals surface area contributed by atoms with Gasteiger partial charge in [-0.05, 0) is 71.5 Å². The van der Waals surface area contributed by atoms with Crippen LogP contribution in [0.3, 0.4) is 0 Å². The van der Waals surface area contributed by atoms with Crippen LogP contribution in [0.5, 0.6) is 0 Å². The van der Waals surface area contributed by atoms with Crippen LogP contribution in [-0.4, -0.2) is 11.2 Å². The highest BCUT2D eigenvalue weighted by atomic mass is 79.9. The molecule has 1 N–H and O–H groups in total. The first-order chi connectivity index (χ1) is 8.56. The van der Waals surface area contributed by atoms with Crippen LogP contribution in [0.4, 0.5) is 0 Å². The van der Waals surface area contributed by atoms with Crippen molar-refractivity contribution in [1.82, 2.24) is 0 Å². The molecular weight excluding hydrogens is 308 g/mol. The van der Waals surface area contributed by atoms with E-state index < -0.39 is 0 Å². The van der Waals surface area contributed by atoms with Gasteiger partial charge in [0.05, 0.1) is 9.89 Å². The molecule has 1 aliphatic rings. The Morgan fingerprint density at radius 2 is 1.83 bits per heavy atom. The van der Waals surface area contributed by atoms with Crippen LogP contribution in [-0.2, 0) is 6.42 Å². The Morgan fingerprint density at radius 3 is 2.33 bits per heavy atom. The van der Waals surface area contributed by atoms with Crippen LogP contribution in [0.2, 0.25) is 0 Å². The van der Waals surface area contributed by atoms with E-state index in [0.29, 0.717) is 5.92 Å². The monoisotopic (exact) mass is 330 g/mol. The Labute approximate surface area is 123 Å². The molecule has 1 aromatic heterocycles. The number of aliphatic hydroxyl groups excluding tert-OH is 1. The highest BCUT2D eigenvalue weighted by Gasteiger charge is 2.27. The van der Waals surface area contributed by atoms with Gasteiger partial charge in [-0.15, -0.1) is 11.3 Å². The first-order valence-electron chi connectivity index (χ1n) is 6.98. The highest BCUT2D eigenvalue weighted by molar-refractivity contribution is 9.11. The number of hydrogen-bond acceptors (Lipinski definition) is 2. The van der Waals surface area contributed by atoms with E-state index in [1.54, 1.807) is 11.3 Å². The van der Waals surface area contributed by atoms with E-state index in [1.165, 1.54) is 30.6 Å². The quantitative estimate of drug-likeness (QED) is 0.834. The second-order valence-corrected chi connectivity index (χ2v) is 8.44. The molecule has 18 heavy (non-hydrogen) atoms. The molecule has 0 aliphatic heterocycles. The van der Waals surface area contributed by atoms with E-state index in [0.717, 1.165) is 22.0 Å². The van der Waals surface area contributed by atoms with Gasteiger partial charge in [0.2, 0.25) is 0 Å². The normalized spacial score (nSPS) is 26.5. The second kappa shape index (κ2) is 6.53. The lowest BCUT2D eigenvalue weighted by Crippen LogP contribution is -2.28. The molecule has 0 bridgehead atoms. The molecule has 1 saturated carbocycles. The van der Waals surface area contributed by atoms with E-state index in [9.17, 15) is 5.11 Å². The molecule has 2 rings (SSSR count). The van der Waals surface area contributed by atoms with E-state index in [-0.39, 0.29) is 6.10 Å². The number of thiophene rings is 1. The molecule has 3 heteroatoms. The summed E-state index contributed by atoms with van der Waals surface area (Å²) in [5, 5.41) is 10.4. The Bertz CT molecular complexity index is 366. The smallest absolute Gasteiger partial charge is 0.0701 e. The van der Waals surface area contributed by atoms with Gasteiger partial charge in [-0.1, -0.05) is 13.8 Å². The first-order valence-corrected chi connectivity index (χ1v) is 8.59. The Hall–Kier alpha value is 0.140. The van der Waals surface area contributed by atoms with Crippen LogP contribution in [0, 0.1) is 17.8 Å². The van der Waals surface area contributed by atoms with Crippen molar-refractivity contribution in [2.24, 2.45) is 17.8 Å². The minimum Gasteiger partial charge on any atom is -0.392 e. The average molecular weight is 331 g/mol. The van der Waals surface area contributed by atoms with Gasteiger partial charge < -0.3 is 5.11 Å². The molecule has 0 saturated heterocycles. The Balaban J connectivity index is 1.82. The lowest BCUT2D eigenvalue weighted by atomic mass is 9.75. The zero-order valence-corrected chi connectivity index (χ0v) is 13.6. The van der Waals surface area contributed by atoms with Crippen LogP contribution in [0.15, 0.2) is 15.9 Å². The van der Waals surface area contributed by atoms with Gasteiger partial charge in [0.25, 0.3) is 0 Å². The maximum Gasteiger partial charge on any atom is 0.0701 e. The molecule has 1 unspecified atom stereocenters. The van der Waals surface area contributed by atoms with Crippen LogP contribution >= 0.6 is 27.3 Å². The predicted octanol–water partition coefficient (Wildman–Crippen LogP) is 4.88. The molecule has 0 amide bonds. The van der Waals surface area contributed by atoms with Gasteiger partial charge >= 0.3 is 0 Å². The SMILES string of the molecule is CC(C)C1CCC(C(O)Cc2ccc(Br)s2)CC1. The summed E-state index contributed by atoms with van der Waals surface area (Å²) in [6.45, 7) is 4.65. The standard InChI is InChI=1S/C15H23BrOS/c1-10(2)11-3-5-12(6-4-11)14(17)9-13-7-8-15(16)18-13/h7-8,10-12,14,17H,3-6,9H2,1-2H3. The van der Waals surface area contributed by atoms with Gasteiger partial charge in [0, 0.05) is 11.3 Å². The molecule has 1 atom stereocenters. The van der Waals surface area contributed by atoms with Crippen molar-refractivity contribution in [3.8, 4) is 0 Å². The van der Waals surface area contributed by atoms with Crippen LogP contribution in [0.1, 0.15) is 44.4 Å². The van der Waals surface area contributed by atoms with E-state index in [2.05, 4.69) is 41.9 Å². The molecule has 1 aromatic rings. The van der Waals surface area contributed by atoms with Crippen molar-refractivity contribution in [1.29, 1.82) is 0 Å². The summed E-state index contributed by atoms with van der Waals surface area (Å²) in [5.41, 5.74) is 0. The third-order valence-electron chi connectivity index (χ3n) is 4.34. The number of aliphatic hydroxyl groups is 1. The van der Waals surface area contributed by atoms with Crippen molar-refractivity contribution >= 4 is 27.3 Å². The molecule has 0 aromatic carbocycles.